The van der Waals surface area contributed by atoms with Crippen LogP contribution in [0, 0.1) is 0 Å². The molecule has 22 heavy (non-hydrogen) atoms. The Kier molecular flexibility index (Phi) is 3.89. The molecule has 2 heterocycles. The predicted octanol–water partition coefficient (Wildman–Crippen LogP) is 3.16. The first-order valence-electron chi connectivity index (χ1n) is 6.98. The van der Waals surface area contributed by atoms with Gasteiger partial charge < -0.3 is 14.3 Å². The summed E-state index contributed by atoms with van der Waals surface area (Å²) in [6.45, 7) is 1.93. The van der Waals surface area contributed by atoms with Gasteiger partial charge in [-0.25, -0.2) is 4.79 Å². The molecule has 0 amide bonds. The zero-order chi connectivity index (χ0) is 15.5. The maximum atomic E-state index is 11.8. The number of nitrogens with zero attached hydrogens (tertiary/aromatic N) is 1. The highest BCUT2D eigenvalue weighted by molar-refractivity contribution is 5.94. The Hall–Kier alpha value is -2.66. The van der Waals surface area contributed by atoms with Crippen molar-refractivity contribution in [2.45, 2.75) is 13.5 Å². The van der Waals surface area contributed by atoms with Crippen molar-refractivity contribution in [3.8, 4) is 11.3 Å². The average Bonchev–Trinajstić information content (AvgIpc) is 2.98. The van der Waals surface area contributed by atoms with Gasteiger partial charge in [0.25, 0.3) is 0 Å². The first kappa shape index (κ1) is 14.3. The minimum absolute atomic E-state index is 0.170. The molecule has 112 valence electrons. The van der Waals surface area contributed by atoms with Crippen molar-refractivity contribution in [3.05, 3.63) is 53.9 Å². The summed E-state index contributed by atoms with van der Waals surface area (Å²) in [7, 11) is 0. The van der Waals surface area contributed by atoms with Crippen LogP contribution < -0.4 is 0 Å². The molecule has 0 fully saturated rings. The molecule has 0 aliphatic rings. The fourth-order valence-electron chi connectivity index (χ4n) is 2.31. The van der Waals surface area contributed by atoms with Crippen LogP contribution in [0.5, 0.6) is 0 Å². The van der Waals surface area contributed by atoms with Gasteiger partial charge in [-0.1, -0.05) is 12.1 Å². The van der Waals surface area contributed by atoms with Crippen LogP contribution in [-0.2, 0) is 11.3 Å². The Labute approximate surface area is 127 Å². The van der Waals surface area contributed by atoms with E-state index < -0.39 is 0 Å². The highest BCUT2D eigenvalue weighted by atomic mass is 16.5. The molecule has 5 nitrogen and oxygen atoms in total. The molecule has 0 aliphatic carbocycles. The maximum Gasteiger partial charge on any atom is 0.338 e. The van der Waals surface area contributed by atoms with E-state index in [0.717, 1.165) is 10.9 Å². The zero-order valence-electron chi connectivity index (χ0n) is 12.1. The Morgan fingerprint density at radius 3 is 2.95 bits per heavy atom. The highest BCUT2D eigenvalue weighted by Crippen LogP contribution is 2.29. The number of aliphatic hydroxyl groups is 1. The van der Waals surface area contributed by atoms with E-state index in [0.29, 0.717) is 29.2 Å². The van der Waals surface area contributed by atoms with E-state index in [1.807, 2.05) is 12.1 Å². The van der Waals surface area contributed by atoms with Crippen LogP contribution in [0.1, 0.15) is 23.0 Å². The molecule has 5 heteroatoms. The topological polar surface area (TPSA) is 72.6 Å². The highest BCUT2D eigenvalue weighted by Gasteiger charge is 2.13. The average molecular weight is 297 g/mol. The van der Waals surface area contributed by atoms with Crippen LogP contribution in [0.4, 0.5) is 0 Å². The molecule has 1 aromatic carbocycles. The van der Waals surface area contributed by atoms with Crippen molar-refractivity contribution in [2.75, 3.05) is 6.61 Å². The lowest BCUT2D eigenvalue weighted by Crippen LogP contribution is -2.04. The van der Waals surface area contributed by atoms with Crippen molar-refractivity contribution in [1.82, 2.24) is 4.98 Å². The number of fused-ring (bicyclic) bond motifs is 1. The number of aromatic nitrogens is 1. The summed E-state index contributed by atoms with van der Waals surface area (Å²) in [5.74, 6) is 0.109. The number of benzene rings is 1. The van der Waals surface area contributed by atoms with Crippen LogP contribution >= 0.6 is 0 Å². The fourth-order valence-corrected chi connectivity index (χ4v) is 2.31. The summed E-state index contributed by atoms with van der Waals surface area (Å²) in [6, 6.07) is 10.6. The summed E-state index contributed by atoms with van der Waals surface area (Å²) < 4.78 is 10.6. The van der Waals surface area contributed by atoms with Crippen LogP contribution in [0.3, 0.4) is 0 Å². The van der Waals surface area contributed by atoms with Crippen molar-refractivity contribution < 1.29 is 19.1 Å². The number of furan rings is 1. The normalized spacial score (nSPS) is 10.8. The molecule has 1 N–H and O–H groups in total. The SMILES string of the molecule is CCOC(=O)c1cccc(-c2nccc3cc(CO)oc23)c1. The second kappa shape index (κ2) is 5.99. The van der Waals surface area contributed by atoms with Gasteiger partial charge in [0.2, 0.25) is 0 Å². The molecule has 0 spiro atoms. The summed E-state index contributed by atoms with van der Waals surface area (Å²) >= 11 is 0. The van der Waals surface area contributed by atoms with Crippen molar-refractivity contribution in [1.29, 1.82) is 0 Å². The summed E-state index contributed by atoms with van der Waals surface area (Å²) in [5.41, 5.74) is 2.44. The van der Waals surface area contributed by atoms with Crippen LogP contribution in [0.25, 0.3) is 22.2 Å². The zero-order valence-corrected chi connectivity index (χ0v) is 12.1. The van der Waals surface area contributed by atoms with Gasteiger partial charge >= 0.3 is 5.97 Å². The molecule has 0 saturated heterocycles. The smallest absolute Gasteiger partial charge is 0.338 e. The lowest BCUT2D eigenvalue weighted by Gasteiger charge is -2.05. The Morgan fingerprint density at radius 1 is 1.32 bits per heavy atom. The van der Waals surface area contributed by atoms with Crippen LogP contribution in [0.2, 0.25) is 0 Å². The van der Waals surface area contributed by atoms with Gasteiger partial charge in [0.15, 0.2) is 5.58 Å². The van der Waals surface area contributed by atoms with Crippen molar-refractivity contribution in [2.24, 2.45) is 0 Å². The van der Waals surface area contributed by atoms with E-state index in [1.165, 1.54) is 0 Å². The Bertz CT molecular complexity index is 822. The standard InChI is InChI=1S/C17H15NO4/c1-2-21-17(20)13-5-3-4-11(8-13)15-16-12(6-7-18-15)9-14(10-19)22-16/h3-9,19H,2,10H2,1H3. The van der Waals surface area contributed by atoms with Gasteiger partial charge in [-0.05, 0) is 31.2 Å². The summed E-state index contributed by atoms with van der Waals surface area (Å²) in [5, 5.41) is 10.1. The van der Waals surface area contributed by atoms with Gasteiger partial charge in [0, 0.05) is 17.1 Å². The Balaban J connectivity index is 2.09. The van der Waals surface area contributed by atoms with Gasteiger partial charge in [0.1, 0.15) is 18.1 Å². The number of pyridine rings is 1. The second-order valence-electron chi connectivity index (χ2n) is 4.75. The fraction of sp³-hybridized carbons (Fsp3) is 0.176. The quantitative estimate of drug-likeness (QED) is 0.749. The van der Waals surface area contributed by atoms with Crippen molar-refractivity contribution in [3.63, 3.8) is 0 Å². The molecule has 0 aliphatic heterocycles. The van der Waals surface area contributed by atoms with Crippen molar-refractivity contribution >= 4 is 16.9 Å². The maximum absolute atomic E-state index is 11.8. The van der Waals surface area contributed by atoms with Gasteiger partial charge in [-0.2, -0.15) is 0 Å². The largest absolute Gasteiger partial charge is 0.462 e. The minimum Gasteiger partial charge on any atom is -0.462 e. The lowest BCUT2D eigenvalue weighted by atomic mass is 10.1. The molecular formula is C17H15NO4. The van der Waals surface area contributed by atoms with Crippen LogP contribution in [-0.4, -0.2) is 22.7 Å². The molecular weight excluding hydrogens is 282 g/mol. The van der Waals surface area contributed by atoms with Crippen LogP contribution in [0.15, 0.2) is 47.0 Å². The minimum atomic E-state index is -0.369. The van der Waals surface area contributed by atoms with Gasteiger partial charge in [-0.15, -0.1) is 0 Å². The first-order chi connectivity index (χ1) is 10.7. The van der Waals surface area contributed by atoms with E-state index >= 15 is 0 Å². The number of rotatable bonds is 4. The number of carbonyl (C=O) groups excluding carboxylic acids is 1. The molecule has 0 atom stereocenters. The molecule has 0 radical (unpaired) electrons. The number of hydrogen-bond donors (Lipinski definition) is 1. The third-order valence-corrected chi connectivity index (χ3v) is 3.29. The second-order valence-corrected chi connectivity index (χ2v) is 4.75. The molecule has 0 unspecified atom stereocenters. The number of hydrogen-bond acceptors (Lipinski definition) is 5. The number of aliphatic hydroxyl groups excluding tert-OH is 1. The Morgan fingerprint density at radius 2 is 2.18 bits per heavy atom. The third kappa shape index (κ3) is 2.58. The predicted molar refractivity (Wildman–Crippen MR) is 81.3 cm³/mol. The molecule has 0 saturated carbocycles. The van der Waals surface area contributed by atoms with Gasteiger partial charge in [0.05, 0.1) is 12.2 Å². The van der Waals surface area contributed by atoms with E-state index in [4.69, 9.17) is 9.15 Å². The molecule has 0 bridgehead atoms. The number of carbonyl (C=O) groups is 1. The first-order valence-corrected chi connectivity index (χ1v) is 6.98. The van der Waals surface area contributed by atoms with E-state index in [-0.39, 0.29) is 12.6 Å². The summed E-state index contributed by atoms with van der Waals surface area (Å²) in [4.78, 5) is 16.2. The number of esters is 1. The lowest BCUT2D eigenvalue weighted by molar-refractivity contribution is 0.0526. The summed E-state index contributed by atoms with van der Waals surface area (Å²) in [6.07, 6.45) is 1.67. The monoisotopic (exact) mass is 297 g/mol. The molecule has 3 aromatic rings. The van der Waals surface area contributed by atoms with E-state index in [9.17, 15) is 9.90 Å². The van der Waals surface area contributed by atoms with E-state index in [2.05, 4.69) is 4.98 Å². The molecule has 3 rings (SSSR count). The molecule has 2 aromatic heterocycles. The van der Waals surface area contributed by atoms with Gasteiger partial charge in [-0.3, -0.25) is 4.98 Å². The third-order valence-electron chi connectivity index (χ3n) is 3.29. The van der Waals surface area contributed by atoms with E-state index in [1.54, 1.807) is 37.4 Å². The number of ether oxygens (including phenoxy) is 1.